The molecule has 1 unspecified atom stereocenters. The number of ether oxygens (including phenoxy) is 2. The number of hydrogen-bond acceptors (Lipinski definition) is 6. The molecule has 0 fully saturated rings. The number of benzene rings is 3. The highest BCUT2D eigenvalue weighted by molar-refractivity contribution is 7.92. The van der Waals surface area contributed by atoms with Crippen LogP contribution < -0.4 is 19.1 Å². The maximum Gasteiger partial charge on any atom is 0.264 e. The van der Waals surface area contributed by atoms with Crippen molar-refractivity contribution in [1.82, 2.24) is 10.2 Å². The van der Waals surface area contributed by atoms with Gasteiger partial charge in [0, 0.05) is 13.6 Å². The van der Waals surface area contributed by atoms with E-state index in [-0.39, 0.29) is 17.3 Å². The van der Waals surface area contributed by atoms with E-state index in [1.165, 1.54) is 31.2 Å². The normalized spacial score (nSPS) is 11.8. The van der Waals surface area contributed by atoms with Crippen LogP contribution in [-0.2, 0) is 26.2 Å². The van der Waals surface area contributed by atoms with Crippen LogP contribution in [0.4, 0.5) is 5.69 Å². The van der Waals surface area contributed by atoms with Crippen molar-refractivity contribution in [2.45, 2.75) is 30.8 Å². The van der Waals surface area contributed by atoms with Crippen molar-refractivity contribution in [3.63, 3.8) is 0 Å². The van der Waals surface area contributed by atoms with Gasteiger partial charge in [0.05, 0.1) is 24.8 Å². The second kappa shape index (κ2) is 13.0. The molecule has 202 valence electrons. The van der Waals surface area contributed by atoms with Gasteiger partial charge in [-0.05, 0) is 60.5 Å². The summed E-state index contributed by atoms with van der Waals surface area (Å²) in [5, 5.41) is 2.61. The van der Waals surface area contributed by atoms with E-state index in [0.717, 1.165) is 9.87 Å². The highest BCUT2D eigenvalue weighted by Gasteiger charge is 2.33. The van der Waals surface area contributed by atoms with Crippen LogP contribution in [0.2, 0.25) is 0 Å². The molecule has 0 saturated heterocycles. The minimum Gasteiger partial charge on any atom is -0.497 e. The van der Waals surface area contributed by atoms with Gasteiger partial charge in [-0.2, -0.15) is 0 Å². The summed E-state index contributed by atoms with van der Waals surface area (Å²) in [6.45, 7) is 1.40. The number of methoxy groups -OCH3 is 2. The Morgan fingerprint density at radius 1 is 0.868 bits per heavy atom. The van der Waals surface area contributed by atoms with Crippen LogP contribution in [0.25, 0.3) is 0 Å². The minimum atomic E-state index is -4.11. The third kappa shape index (κ3) is 6.63. The van der Waals surface area contributed by atoms with E-state index in [4.69, 9.17) is 9.47 Å². The smallest absolute Gasteiger partial charge is 0.264 e. The summed E-state index contributed by atoms with van der Waals surface area (Å²) in [6, 6.07) is 20.7. The van der Waals surface area contributed by atoms with Crippen molar-refractivity contribution in [2.75, 3.05) is 32.1 Å². The molecule has 3 aromatic rings. The van der Waals surface area contributed by atoms with E-state index < -0.39 is 28.5 Å². The third-order valence-corrected chi connectivity index (χ3v) is 7.90. The van der Waals surface area contributed by atoms with Gasteiger partial charge in [-0.1, -0.05) is 37.3 Å². The quantitative estimate of drug-likeness (QED) is 0.378. The van der Waals surface area contributed by atoms with E-state index >= 15 is 0 Å². The highest BCUT2D eigenvalue weighted by atomic mass is 32.2. The summed E-state index contributed by atoms with van der Waals surface area (Å²) in [6.07, 6.45) is 0.343. The number of anilines is 1. The lowest BCUT2D eigenvalue weighted by atomic mass is 10.1. The molecule has 1 N–H and O–H groups in total. The van der Waals surface area contributed by atoms with Gasteiger partial charge >= 0.3 is 0 Å². The molecule has 9 nitrogen and oxygen atoms in total. The Bertz CT molecular complexity index is 1310. The fraction of sp³-hybridized carbons (Fsp3) is 0.286. The van der Waals surface area contributed by atoms with Gasteiger partial charge in [-0.15, -0.1) is 0 Å². The van der Waals surface area contributed by atoms with Crippen molar-refractivity contribution >= 4 is 27.5 Å². The fourth-order valence-corrected chi connectivity index (χ4v) is 5.45. The molecule has 0 aliphatic heterocycles. The number of carbonyl (C=O) groups excluding carboxylic acids is 2. The van der Waals surface area contributed by atoms with Crippen molar-refractivity contribution in [1.29, 1.82) is 0 Å². The number of nitrogens with zero attached hydrogens (tertiary/aromatic N) is 2. The molecule has 0 aliphatic carbocycles. The topological polar surface area (TPSA) is 105 Å². The molecule has 2 amide bonds. The fourth-order valence-electron chi connectivity index (χ4n) is 4.01. The van der Waals surface area contributed by atoms with Gasteiger partial charge < -0.3 is 19.7 Å². The van der Waals surface area contributed by atoms with Crippen molar-refractivity contribution in [2.24, 2.45) is 0 Å². The predicted octanol–water partition coefficient (Wildman–Crippen LogP) is 3.45. The summed E-state index contributed by atoms with van der Waals surface area (Å²) in [4.78, 5) is 28.1. The van der Waals surface area contributed by atoms with Gasteiger partial charge in [-0.25, -0.2) is 8.42 Å². The second-order valence-corrected chi connectivity index (χ2v) is 10.3. The Morgan fingerprint density at radius 2 is 1.42 bits per heavy atom. The zero-order chi connectivity index (χ0) is 27.7. The molecule has 10 heteroatoms. The first kappa shape index (κ1) is 28.5. The average molecular weight is 540 g/mol. The zero-order valence-electron chi connectivity index (χ0n) is 22.0. The minimum absolute atomic E-state index is 0.0451. The molecule has 0 bridgehead atoms. The molecule has 1 atom stereocenters. The van der Waals surface area contributed by atoms with Gasteiger partial charge in [0.2, 0.25) is 11.8 Å². The molecular weight excluding hydrogens is 506 g/mol. The van der Waals surface area contributed by atoms with Crippen LogP contribution in [-0.4, -0.2) is 59.0 Å². The second-order valence-electron chi connectivity index (χ2n) is 8.43. The van der Waals surface area contributed by atoms with Gasteiger partial charge in [0.25, 0.3) is 10.0 Å². The lowest BCUT2D eigenvalue weighted by Gasteiger charge is -2.33. The highest BCUT2D eigenvalue weighted by Crippen LogP contribution is 2.27. The van der Waals surface area contributed by atoms with Gasteiger partial charge in [0.1, 0.15) is 24.1 Å². The summed E-state index contributed by atoms with van der Waals surface area (Å²) >= 11 is 0. The molecule has 0 aromatic heterocycles. The Morgan fingerprint density at radius 3 is 1.92 bits per heavy atom. The van der Waals surface area contributed by atoms with Crippen LogP contribution in [0.15, 0.2) is 83.8 Å². The molecule has 0 heterocycles. The van der Waals surface area contributed by atoms with Crippen LogP contribution >= 0.6 is 0 Å². The van der Waals surface area contributed by atoms with E-state index in [9.17, 15) is 18.0 Å². The first-order valence-electron chi connectivity index (χ1n) is 12.1. The molecule has 3 rings (SSSR count). The lowest BCUT2D eigenvalue weighted by Crippen LogP contribution is -2.51. The summed E-state index contributed by atoms with van der Waals surface area (Å²) in [7, 11) is 0.462. The molecule has 0 radical (unpaired) electrons. The summed E-state index contributed by atoms with van der Waals surface area (Å²) in [5.41, 5.74) is 1.06. The van der Waals surface area contributed by atoms with E-state index in [1.807, 2.05) is 0 Å². The number of amides is 2. The number of likely N-dealkylation sites (N-methyl/N-ethyl adjacent to an activating group) is 1. The number of hydrogen-bond donors (Lipinski definition) is 1. The summed E-state index contributed by atoms with van der Waals surface area (Å²) < 4.78 is 39.0. The molecule has 0 saturated carbocycles. The molecule has 0 aliphatic rings. The van der Waals surface area contributed by atoms with Crippen molar-refractivity contribution < 1.29 is 27.5 Å². The van der Waals surface area contributed by atoms with Crippen LogP contribution in [0, 0.1) is 0 Å². The van der Waals surface area contributed by atoms with Crippen LogP contribution in [0.3, 0.4) is 0 Å². The Hall–Kier alpha value is -4.05. The molecule has 3 aromatic carbocycles. The Balaban J connectivity index is 2.03. The van der Waals surface area contributed by atoms with Gasteiger partial charge in [0.15, 0.2) is 0 Å². The van der Waals surface area contributed by atoms with Gasteiger partial charge in [-0.3, -0.25) is 13.9 Å². The van der Waals surface area contributed by atoms with Crippen molar-refractivity contribution in [3.8, 4) is 11.5 Å². The first-order valence-corrected chi connectivity index (χ1v) is 13.5. The molecule has 38 heavy (non-hydrogen) atoms. The Kier molecular flexibility index (Phi) is 9.72. The third-order valence-electron chi connectivity index (χ3n) is 6.11. The zero-order valence-corrected chi connectivity index (χ0v) is 22.8. The largest absolute Gasteiger partial charge is 0.497 e. The van der Waals surface area contributed by atoms with Crippen LogP contribution in [0.5, 0.6) is 11.5 Å². The number of rotatable bonds is 12. The first-order chi connectivity index (χ1) is 18.2. The average Bonchev–Trinajstić information content (AvgIpc) is 2.96. The lowest BCUT2D eigenvalue weighted by molar-refractivity contribution is -0.140. The predicted molar refractivity (Wildman–Crippen MR) is 146 cm³/mol. The number of sulfonamides is 1. The standard InChI is InChI=1S/C28H33N3O6S/c1-5-26(28(33)29-2)30(19-21-11-15-23(36-3)16-12-21)27(32)20-31(22-13-17-24(37-4)18-14-22)38(34,35)25-9-7-6-8-10-25/h6-18,26H,5,19-20H2,1-4H3,(H,29,33). The number of carbonyl (C=O) groups is 2. The van der Waals surface area contributed by atoms with E-state index in [2.05, 4.69) is 5.32 Å². The Labute approximate surface area is 224 Å². The SMILES string of the molecule is CCC(C(=O)NC)N(Cc1ccc(OC)cc1)C(=O)CN(c1ccc(OC)cc1)S(=O)(=O)c1ccccc1. The van der Waals surface area contributed by atoms with E-state index in [1.54, 1.807) is 80.8 Å². The maximum absolute atomic E-state index is 13.9. The summed E-state index contributed by atoms with van der Waals surface area (Å²) in [5.74, 6) is 0.344. The number of nitrogens with one attached hydrogen (secondary N) is 1. The van der Waals surface area contributed by atoms with Crippen LogP contribution in [0.1, 0.15) is 18.9 Å². The van der Waals surface area contributed by atoms with Crippen molar-refractivity contribution in [3.05, 3.63) is 84.4 Å². The molecule has 0 spiro atoms. The van der Waals surface area contributed by atoms with E-state index in [0.29, 0.717) is 23.6 Å². The molecular formula is C28H33N3O6S. The monoisotopic (exact) mass is 539 g/mol. The maximum atomic E-state index is 13.9.